The third-order valence-electron chi connectivity index (χ3n) is 6.56. The fourth-order valence-electron chi connectivity index (χ4n) is 4.67. The van der Waals surface area contributed by atoms with Gasteiger partial charge < -0.3 is 10.2 Å². The largest absolute Gasteiger partial charge is 0.369 e. The number of carbonyl (C=O) groups is 1. The van der Waals surface area contributed by atoms with Gasteiger partial charge in [0.2, 0.25) is 5.91 Å². The highest BCUT2D eigenvalue weighted by Crippen LogP contribution is 2.25. The molecule has 3 aromatic carbocycles. The predicted molar refractivity (Wildman–Crippen MR) is 137 cm³/mol. The highest BCUT2D eigenvalue weighted by molar-refractivity contribution is 5.87. The zero-order valence-electron chi connectivity index (χ0n) is 19.8. The molecule has 1 N–H and O–H groups in total. The molecule has 0 atom stereocenters. The average Bonchev–Trinajstić information content (AvgIpc) is 2.85. The van der Waals surface area contributed by atoms with Gasteiger partial charge in [-0.3, -0.25) is 9.69 Å². The van der Waals surface area contributed by atoms with Gasteiger partial charge in [0.05, 0.1) is 5.92 Å². The van der Waals surface area contributed by atoms with Crippen molar-refractivity contribution in [3.63, 3.8) is 0 Å². The van der Waals surface area contributed by atoms with Crippen molar-refractivity contribution in [3.8, 4) is 0 Å². The molecular weight excluding hydrogens is 406 g/mol. The van der Waals surface area contributed by atoms with Gasteiger partial charge in [-0.15, -0.1) is 0 Å². The Kier molecular flexibility index (Phi) is 7.79. The standard InChI is InChI=1S/C29H35N3O/c1-23-14-15-24(2)27(22-23)32-20-18-31(19-21-32)17-9-16-30-29(33)28(25-10-5-3-6-11-25)26-12-7-4-8-13-26/h3-8,10-15,22,28H,9,16-21H2,1-2H3,(H,30,33). The van der Waals surface area contributed by atoms with E-state index in [9.17, 15) is 4.79 Å². The Balaban J connectivity index is 1.26. The van der Waals surface area contributed by atoms with Crippen molar-refractivity contribution < 1.29 is 4.79 Å². The van der Waals surface area contributed by atoms with Crippen LogP contribution in [0.2, 0.25) is 0 Å². The molecule has 0 radical (unpaired) electrons. The maximum Gasteiger partial charge on any atom is 0.232 e. The molecule has 172 valence electrons. The number of aryl methyl sites for hydroxylation is 2. The molecule has 0 aliphatic carbocycles. The quantitative estimate of drug-likeness (QED) is 0.512. The molecule has 0 saturated carbocycles. The summed E-state index contributed by atoms with van der Waals surface area (Å²) in [5.41, 5.74) is 6.10. The van der Waals surface area contributed by atoms with Crippen molar-refractivity contribution in [2.24, 2.45) is 0 Å². The molecule has 0 unspecified atom stereocenters. The second kappa shape index (κ2) is 11.2. The number of carbonyl (C=O) groups excluding carboxylic acids is 1. The summed E-state index contributed by atoms with van der Waals surface area (Å²) in [7, 11) is 0. The van der Waals surface area contributed by atoms with E-state index >= 15 is 0 Å². The van der Waals surface area contributed by atoms with E-state index in [1.807, 2.05) is 60.7 Å². The summed E-state index contributed by atoms with van der Waals surface area (Å²) in [6, 6.07) is 26.8. The number of hydrogen-bond donors (Lipinski definition) is 1. The fourth-order valence-corrected chi connectivity index (χ4v) is 4.67. The van der Waals surface area contributed by atoms with Crippen LogP contribution in [0.5, 0.6) is 0 Å². The Bertz CT molecular complexity index is 988. The van der Waals surface area contributed by atoms with Crippen LogP contribution in [-0.4, -0.2) is 50.1 Å². The lowest BCUT2D eigenvalue weighted by Crippen LogP contribution is -2.47. The first-order chi connectivity index (χ1) is 16.1. The Morgan fingerprint density at radius 3 is 2.06 bits per heavy atom. The fraction of sp³-hybridized carbons (Fsp3) is 0.345. The molecule has 1 heterocycles. The summed E-state index contributed by atoms with van der Waals surface area (Å²) >= 11 is 0. The third-order valence-corrected chi connectivity index (χ3v) is 6.56. The van der Waals surface area contributed by atoms with E-state index in [0.29, 0.717) is 6.54 Å². The van der Waals surface area contributed by atoms with E-state index in [-0.39, 0.29) is 11.8 Å². The molecule has 4 nitrogen and oxygen atoms in total. The van der Waals surface area contributed by atoms with E-state index in [1.165, 1.54) is 16.8 Å². The van der Waals surface area contributed by atoms with Crippen LogP contribution < -0.4 is 10.2 Å². The topological polar surface area (TPSA) is 35.6 Å². The summed E-state index contributed by atoms with van der Waals surface area (Å²) in [4.78, 5) is 18.1. The van der Waals surface area contributed by atoms with Crippen LogP contribution in [0.25, 0.3) is 0 Å². The smallest absolute Gasteiger partial charge is 0.232 e. The Morgan fingerprint density at radius 2 is 1.45 bits per heavy atom. The zero-order valence-corrected chi connectivity index (χ0v) is 19.8. The number of amides is 1. The molecule has 4 heteroatoms. The van der Waals surface area contributed by atoms with Crippen molar-refractivity contribution in [1.82, 2.24) is 10.2 Å². The lowest BCUT2D eigenvalue weighted by Gasteiger charge is -2.37. The average molecular weight is 442 g/mol. The van der Waals surface area contributed by atoms with Crippen molar-refractivity contribution in [3.05, 3.63) is 101 Å². The van der Waals surface area contributed by atoms with Crippen molar-refractivity contribution >= 4 is 11.6 Å². The van der Waals surface area contributed by atoms with E-state index in [4.69, 9.17) is 0 Å². The molecule has 0 bridgehead atoms. The minimum absolute atomic E-state index is 0.0761. The van der Waals surface area contributed by atoms with E-state index in [2.05, 4.69) is 47.2 Å². The normalized spacial score (nSPS) is 14.5. The third kappa shape index (κ3) is 6.02. The SMILES string of the molecule is Cc1ccc(C)c(N2CCN(CCCNC(=O)C(c3ccccc3)c3ccccc3)CC2)c1. The first kappa shape index (κ1) is 23.1. The number of piperazine rings is 1. The van der Waals surface area contributed by atoms with E-state index in [1.54, 1.807) is 0 Å². The molecule has 1 saturated heterocycles. The molecule has 1 aliphatic heterocycles. The molecule has 0 aromatic heterocycles. The van der Waals surface area contributed by atoms with Gasteiger partial charge in [-0.1, -0.05) is 72.8 Å². The molecule has 0 spiro atoms. The second-order valence-corrected chi connectivity index (χ2v) is 9.02. The molecule has 1 aliphatic rings. The zero-order chi connectivity index (χ0) is 23.0. The minimum atomic E-state index is -0.270. The monoisotopic (exact) mass is 441 g/mol. The first-order valence-electron chi connectivity index (χ1n) is 12.0. The minimum Gasteiger partial charge on any atom is -0.369 e. The van der Waals surface area contributed by atoms with Gasteiger partial charge in [-0.25, -0.2) is 0 Å². The van der Waals surface area contributed by atoms with Crippen LogP contribution >= 0.6 is 0 Å². The molecule has 33 heavy (non-hydrogen) atoms. The molecule has 4 rings (SSSR count). The maximum absolute atomic E-state index is 13.1. The predicted octanol–water partition coefficient (Wildman–Crippen LogP) is 4.76. The van der Waals surface area contributed by atoms with Crippen LogP contribution in [0.4, 0.5) is 5.69 Å². The lowest BCUT2D eigenvalue weighted by molar-refractivity contribution is -0.121. The summed E-state index contributed by atoms with van der Waals surface area (Å²) in [6.07, 6.45) is 0.964. The van der Waals surface area contributed by atoms with Crippen LogP contribution in [0.3, 0.4) is 0 Å². The Hall–Kier alpha value is -3.11. The number of nitrogens with zero attached hydrogens (tertiary/aromatic N) is 2. The molecule has 1 fully saturated rings. The van der Waals surface area contributed by atoms with Gasteiger partial charge in [0, 0.05) is 38.4 Å². The number of nitrogens with one attached hydrogen (secondary N) is 1. The second-order valence-electron chi connectivity index (χ2n) is 9.02. The number of anilines is 1. The summed E-state index contributed by atoms with van der Waals surface area (Å²) in [5.74, 6) is -0.194. The van der Waals surface area contributed by atoms with Crippen LogP contribution in [0.15, 0.2) is 78.9 Å². The van der Waals surface area contributed by atoms with Crippen molar-refractivity contribution in [2.75, 3.05) is 44.2 Å². The van der Waals surface area contributed by atoms with Gasteiger partial charge in [0.1, 0.15) is 0 Å². The van der Waals surface area contributed by atoms with E-state index in [0.717, 1.165) is 50.3 Å². The van der Waals surface area contributed by atoms with Gasteiger partial charge in [0.25, 0.3) is 0 Å². The maximum atomic E-state index is 13.1. The lowest BCUT2D eigenvalue weighted by atomic mass is 9.90. The number of benzene rings is 3. The highest BCUT2D eigenvalue weighted by Gasteiger charge is 2.22. The van der Waals surface area contributed by atoms with Gasteiger partial charge >= 0.3 is 0 Å². The van der Waals surface area contributed by atoms with Crippen LogP contribution in [-0.2, 0) is 4.79 Å². The van der Waals surface area contributed by atoms with E-state index < -0.39 is 0 Å². The number of rotatable bonds is 8. The Labute approximate surface area is 198 Å². The highest BCUT2D eigenvalue weighted by atomic mass is 16.1. The Morgan fingerprint density at radius 1 is 0.848 bits per heavy atom. The van der Waals surface area contributed by atoms with Crippen molar-refractivity contribution in [2.45, 2.75) is 26.2 Å². The summed E-state index contributed by atoms with van der Waals surface area (Å²) in [5, 5.41) is 3.19. The first-order valence-corrected chi connectivity index (χ1v) is 12.0. The summed E-state index contributed by atoms with van der Waals surface area (Å²) < 4.78 is 0. The molecular formula is C29H35N3O. The van der Waals surface area contributed by atoms with Crippen LogP contribution in [0.1, 0.15) is 34.6 Å². The molecule has 3 aromatic rings. The van der Waals surface area contributed by atoms with Gasteiger partial charge in [-0.2, -0.15) is 0 Å². The molecule has 1 amide bonds. The van der Waals surface area contributed by atoms with Gasteiger partial charge in [0.15, 0.2) is 0 Å². The summed E-state index contributed by atoms with van der Waals surface area (Å²) in [6.45, 7) is 10.3. The van der Waals surface area contributed by atoms with Gasteiger partial charge in [-0.05, 0) is 55.1 Å². The van der Waals surface area contributed by atoms with Crippen LogP contribution in [0, 0.1) is 13.8 Å². The number of hydrogen-bond acceptors (Lipinski definition) is 3. The van der Waals surface area contributed by atoms with Crippen molar-refractivity contribution in [1.29, 1.82) is 0 Å².